The lowest BCUT2D eigenvalue weighted by atomic mass is 10.1. The molecule has 27 heavy (non-hydrogen) atoms. The number of hydrogen-bond donors (Lipinski definition) is 2. The van der Waals surface area contributed by atoms with Gasteiger partial charge in [-0.2, -0.15) is 11.3 Å². The van der Waals surface area contributed by atoms with E-state index < -0.39 is 0 Å². The maximum absolute atomic E-state index is 5.43. The fourth-order valence-electron chi connectivity index (χ4n) is 3.18. The van der Waals surface area contributed by atoms with Crippen molar-refractivity contribution >= 4 is 17.3 Å². The molecule has 146 valence electrons. The van der Waals surface area contributed by atoms with E-state index in [2.05, 4.69) is 68.5 Å². The number of nitrogens with one attached hydrogen (secondary N) is 2. The van der Waals surface area contributed by atoms with E-state index >= 15 is 0 Å². The van der Waals surface area contributed by atoms with Crippen molar-refractivity contribution in [3.8, 4) is 0 Å². The Bertz CT molecular complexity index is 711. The maximum atomic E-state index is 5.43. The molecule has 1 unspecified atom stereocenters. The zero-order valence-corrected chi connectivity index (χ0v) is 17.1. The molecule has 3 rings (SSSR count). The minimum Gasteiger partial charge on any atom is -0.379 e. The van der Waals surface area contributed by atoms with Gasteiger partial charge < -0.3 is 15.4 Å². The van der Waals surface area contributed by atoms with Crippen molar-refractivity contribution in [3.63, 3.8) is 0 Å². The second kappa shape index (κ2) is 10.4. The van der Waals surface area contributed by atoms with Crippen molar-refractivity contribution in [2.45, 2.75) is 25.9 Å². The number of ether oxygens (including phenoxy) is 1. The van der Waals surface area contributed by atoms with Crippen LogP contribution in [-0.4, -0.2) is 50.8 Å². The minimum absolute atomic E-state index is 0.464. The molecular weight excluding hydrogens is 356 g/mol. The van der Waals surface area contributed by atoms with E-state index in [1.54, 1.807) is 11.3 Å². The fraction of sp³-hybridized carbons (Fsp3) is 0.476. The van der Waals surface area contributed by atoms with E-state index in [1.807, 2.05) is 7.05 Å². The van der Waals surface area contributed by atoms with Gasteiger partial charge in [0, 0.05) is 39.8 Å². The van der Waals surface area contributed by atoms with Crippen LogP contribution in [0.25, 0.3) is 0 Å². The molecule has 2 heterocycles. The summed E-state index contributed by atoms with van der Waals surface area (Å²) in [6, 6.07) is 11.0. The Morgan fingerprint density at radius 3 is 2.78 bits per heavy atom. The van der Waals surface area contributed by atoms with Crippen LogP contribution in [0.2, 0.25) is 0 Å². The molecule has 0 amide bonds. The van der Waals surface area contributed by atoms with Crippen molar-refractivity contribution in [3.05, 3.63) is 57.8 Å². The normalized spacial score (nSPS) is 16.9. The third-order valence-electron chi connectivity index (χ3n) is 4.87. The summed E-state index contributed by atoms with van der Waals surface area (Å²) in [6.45, 7) is 8.57. The number of aliphatic imine (C=N–C) groups is 1. The van der Waals surface area contributed by atoms with Gasteiger partial charge in [-0.1, -0.05) is 31.2 Å². The van der Waals surface area contributed by atoms with Gasteiger partial charge in [0.05, 0.1) is 13.2 Å². The number of hydrogen-bond acceptors (Lipinski definition) is 4. The van der Waals surface area contributed by atoms with Gasteiger partial charge in [0.15, 0.2) is 5.96 Å². The average Bonchev–Trinajstić information content (AvgIpc) is 3.24. The smallest absolute Gasteiger partial charge is 0.191 e. The lowest BCUT2D eigenvalue weighted by molar-refractivity contribution is 0.0342. The number of rotatable bonds is 7. The summed E-state index contributed by atoms with van der Waals surface area (Å²) in [5.74, 6) is 1.31. The summed E-state index contributed by atoms with van der Waals surface area (Å²) in [7, 11) is 1.82. The Hall–Kier alpha value is -1.89. The van der Waals surface area contributed by atoms with Crippen LogP contribution < -0.4 is 10.6 Å². The summed E-state index contributed by atoms with van der Waals surface area (Å²) in [5.41, 5.74) is 4.00. The SMILES string of the molecule is CN=C(NCc1cccc(CN2CCOCC2)c1)NCC(C)c1ccsc1. The summed E-state index contributed by atoms with van der Waals surface area (Å²) in [5, 5.41) is 11.2. The standard InChI is InChI=1S/C21H30N4OS/c1-17(20-6-11-27-16-20)13-23-21(22-2)24-14-18-4-3-5-19(12-18)15-25-7-9-26-10-8-25/h3-6,11-12,16-17H,7-10,13-15H2,1-2H3,(H2,22,23,24). The van der Waals surface area contributed by atoms with Crippen LogP contribution in [-0.2, 0) is 17.8 Å². The van der Waals surface area contributed by atoms with Gasteiger partial charge in [-0.15, -0.1) is 0 Å². The first-order valence-corrected chi connectivity index (χ1v) is 10.5. The molecular formula is C21H30N4OS. The first kappa shape index (κ1) is 19.9. The van der Waals surface area contributed by atoms with Gasteiger partial charge in [0.2, 0.25) is 0 Å². The van der Waals surface area contributed by atoms with E-state index in [9.17, 15) is 0 Å². The van der Waals surface area contributed by atoms with E-state index in [1.165, 1.54) is 16.7 Å². The fourth-order valence-corrected chi connectivity index (χ4v) is 3.97. The minimum atomic E-state index is 0.464. The van der Waals surface area contributed by atoms with Crippen molar-refractivity contribution in [1.29, 1.82) is 0 Å². The van der Waals surface area contributed by atoms with Crippen LogP contribution in [0.1, 0.15) is 29.5 Å². The molecule has 2 aromatic rings. The van der Waals surface area contributed by atoms with Crippen LogP contribution in [0.5, 0.6) is 0 Å². The first-order valence-electron chi connectivity index (χ1n) is 9.59. The maximum Gasteiger partial charge on any atom is 0.191 e. The summed E-state index contributed by atoms with van der Waals surface area (Å²) < 4.78 is 5.43. The Labute approximate surface area is 166 Å². The van der Waals surface area contributed by atoms with E-state index in [-0.39, 0.29) is 0 Å². The van der Waals surface area contributed by atoms with E-state index in [0.29, 0.717) is 5.92 Å². The third kappa shape index (κ3) is 6.34. The molecule has 6 heteroatoms. The number of benzene rings is 1. The van der Waals surface area contributed by atoms with Crippen LogP contribution in [0.3, 0.4) is 0 Å². The van der Waals surface area contributed by atoms with Gasteiger partial charge in [-0.05, 0) is 39.4 Å². The summed E-state index contributed by atoms with van der Waals surface area (Å²) in [6.07, 6.45) is 0. The predicted octanol–water partition coefficient (Wildman–Crippen LogP) is 3.05. The number of nitrogens with zero attached hydrogens (tertiary/aromatic N) is 2. The summed E-state index contributed by atoms with van der Waals surface area (Å²) >= 11 is 1.75. The van der Waals surface area contributed by atoms with Crippen LogP contribution >= 0.6 is 11.3 Å². The molecule has 1 fully saturated rings. The third-order valence-corrected chi connectivity index (χ3v) is 5.57. The molecule has 0 aliphatic carbocycles. The topological polar surface area (TPSA) is 48.9 Å². The number of thiophene rings is 1. The van der Waals surface area contributed by atoms with Crippen LogP contribution in [0, 0.1) is 0 Å². The highest BCUT2D eigenvalue weighted by atomic mass is 32.1. The lowest BCUT2D eigenvalue weighted by Gasteiger charge is -2.26. The quantitative estimate of drug-likeness (QED) is 0.567. The Balaban J connectivity index is 1.47. The van der Waals surface area contributed by atoms with E-state index in [4.69, 9.17) is 4.74 Å². The Morgan fingerprint density at radius 1 is 1.22 bits per heavy atom. The molecule has 1 aromatic carbocycles. The highest BCUT2D eigenvalue weighted by molar-refractivity contribution is 7.07. The monoisotopic (exact) mass is 386 g/mol. The predicted molar refractivity (Wildman–Crippen MR) is 113 cm³/mol. The molecule has 1 aliphatic heterocycles. The van der Waals surface area contributed by atoms with Crippen LogP contribution in [0.4, 0.5) is 0 Å². The van der Waals surface area contributed by atoms with Gasteiger partial charge in [0.1, 0.15) is 0 Å². The molecule has 0 radical (unpaired) electrons. The first-order chi connectivity index (χ1) is 13.2. The van der Waals surface area contributed by atoms with Crippen molar-refractivity contribution in [1.82, 2.24) is 15.5 Å². The zero-order valence-electron chi connectivity index (χ0n) is 16.3. The zero-order chi connectivity index (χ0) is 18.9. The van der Waals surface area contributed by atoms with Crippen LogP contribution in [0.15, 0.2) is 46.1 Å². The highest BCUT2D eigenvalue weighted by Crippen LogP contribution is 2.17. The summed E-state index contributed by atoms with van der Waals surface area (Å²) in [4.78, 5) is 6.79. The van der Waals surface area contributed by atoms with Gasteiger partial charge >= 0.3 is 0 Å². The molecule has 1 atom stereocenters. The highest BCUT2D eigenvalue weighted by Gasteiger charge is 2.11. The second-order valence-electron chi connectivity index (χ2n) is 6.97. The van der Waals surface area contributed by atoms with Gasteiger partial charge in [0.25, 0.3) is 0 Å². The number of morpholine rings is 1. The largest absolute Gasteiger partial charge is 0.379 e. The number of guanidine groups is 1. The second-order valence-corrected chi connectivity index (χ2v) is 7.75. The molecule has 0 spiro atoms. The van der Waals surface area contributed by atoms with Crippen molar-refractivity contribution in [2.75, 3.05) is 39.9 Å². The molecule has 5 nitrogen and oxygen atoms in total. The van der Waals surface area contributed by atoms with Gasteiger partial charge in [-0.25, -0.2) is 0 Å². The van der Waals surface area contributed by atoms with Gasteiger partial charge in [-0.3, -0.25) is 9.89 Å². The van der Waals surface area contributed by atoms with E-state index in [0.717, 1.165) is 51.9 Å². The average molecular weight is 387 g/mol. The molecule has 0 saturated carbocycles. The molecule has 2 N–H and O–H groups in total. The Kier molecular flexibility index (Phi) is 7.68. The van der Waals surface area contributed by atoms with Crippen molar-refractivity contribution in [2.24, 2.45) is 4.99 Å². The van der Waals surface area contributed by atoms with Crippen molar-refractivity contribution < 1.29 is 4.74 Å². The molecule has 1 aromatic heterocycles. The molecule has 0 bridgehead atoms. The molecule has 1 saturated heterocycles. The lowest BCUT2D eigenvalue weighted by Crippen LogP contribution is -2.38. The Morgan fingerprint density at radius 2 is 2.04 bits per heavy atom. The molecule has 1 aliphatic rings.